The van der Waals surface area contributed by atoms with Gasteiger partial charge in [-0.1, -0.05) is 13.0 Å². The third-order valence-electron chi connectivity index (χ3n) is 4.20. The molecular formula is C20H29N3O3S. The average Bonchev–Trinajstić information content (AvgIpc) is 3.20. The van der Waals surface area contributed by atoms with Gasteiger partial charge in [-0.05, 0) is 29.9 Å². The molecule has 1 unspecified atom stereocenters. The number of nitrogens with one attached hydrogen (secondary N) is 2. The Labute approximate surface area is 165 Å². The van der Waals surface area contributed by atoms with Crippen LogP contribution in [0.5, 0.6) is 17.2 Å². The fourth-order valence-corrected chi connectivity index (χ4v) is 3.62. The van der Waals surface area contributed by atoms with Crippen LogP contribution in [0.4, 0.5) is 0 Å². The van der Waals surface area contributed by atoms with Gasteiger partial charge in [0.1, 0.15) is 5.75 Å². The minimum atomic E-state index is 0.512. The highest BCUT2D eigenvalue weighted by molar-refractivity contribution is 7.09. The van der Waals surface area contributed by atoms with Crippen molar-refractivity contribution in [1.29, 1.82) is 0 Å². The first-order valence-electron chi connectivity index (χ1n) is 8.87. The maximum absolute atomic E-state index is 5.48. The third-order valence-corrected chi connectivity index (χ3v) is 5.10. The van der Waals surface area contributed by atoms with E-state index in [4.69, 9.17) is 14.2 Å². The quantitative estimate of drug-likeness (QED) is 0.507. The van der Waals surface area contributed by atoms with E-state index in [0.717, 1.165) is 30.2 Å². The molecule has 0 saturated heterocycles. The molecule has 148 valence electrons. The fraction of sp³-hybridized carbons (Fsp3) is 0.450. The summed E-state index contributed by atoms with van der Waals surface area (Å²) in [6, 6.07) is 8.02. The molecule has 1 heterocycles. The Kier molecular flexibility index (Phi) is 8.26. The first kappa shape index (κ1) is 20.9. The molecule has 27 heavy (non-hydrogen) atoms. The Morgan fingerprint density at radius 3 is 2.37 bits per heavy atom. The summed E-state index contributed by atoms with van der Waals surface area (Å²) in [5.41, 5.74) is 0.963. The van der Waals surface area contributed by atoms with Crippen LogP contribution in [0.15, 0.2) is 34.6 Å². The van der Waals surface area contributed by atoms with Gasteiger partial charge in [0.15, 0.2) is 17.5 Å². The zero-order chi connectivity index (χ0) is 19.6. The van der Waals surface area contributed by atoms with Gasteiger partial charge >= 0.3 is 0 Å². The van der Waals surface area contributed by atoms with Crippen molar-refractivity contribution in [3.8, 4) is 17.2 Å². The van der Waals surface area contributed by atoms with E-state index in [0.29, 0.717) is 24.0 Å². The summed E-state index contributed by atoms with van der Waals surface area (Å²) in [6.07, 6.45) is 1.06. The van der Waals surface area contributed by atoms with Gasteiger partial charge < -0.3 is 24.8 Å². The van der Waals surface area contributed by atoms with E-state index >= 15 is 0 Å². The predicted molar refractivity (Wildman–Crippen MR) is 111 cm³/mol. The molecule has 1 atom stereocenters. The average molecular weight is 392 g/mol. The smallest absolute Gasteiger partial charge is 0.191 e. The number of nitrogens with zero attached hydrogens (tertiary/aromatic N) is 1. The summed E-state index contributed by atoms with van der Waals surface area (Å²) in [7, 11) is 6.64. The van der Waals surface area contributed by atoms with Gasteiger partial charge in [-0.2, -0.15) is 0 Å². The van der Waals surface area contributed by atoms with Crippen molar-refractivity contribution >= 4 is 17.3 Å². The molecule has 0 spiro atoms. The van der Waals surface area contributed by atoms with Gasteiger partial charge in [0.05, 0.1) is 21.3 Å². The van der Waals surface area contributed by atoms with Gasteiger partial charge in [-0.3, -0.25) is 4.99 Å². The number of methoxy groups -OCH3 is 3. The Bertz CT molecular complexity index is 732. The number of rotatable bonds is 9. The Hall–Kier alpha value is -2.41. The third kappa shape index (κ3) is 6.06. The maximum atomic E-state index is 5.48. The topological polar surface area (TPSA) is 64.1 Å². The fourth-order valence-electron chi connectivity index (χ4n) is 2.75. The maximum Gasteiger partial charge on any atom is 0.191 e. The van der Waals surface area contributed by atoms with Crippen LogP contribution in [-0.2, 0) is 13.0 Å². The largest absolute Gasteiger partial charge is 0.496 e. The van der Waals surface area contributed by atoms with E-state index < -0.39 is 0 Å². The highest BCUT2D eigenvalue weighted by atomic mass is 32.1. The number of guanidine groups is 1. The molecule has 0 radical (unpaired) electrons. The van der Waals surface area contributed by atoms with Crippen LogP contribution in [-0.4, -0.2) is 40.9 Å². The molecule has 2 N–H and O–H groups in total. The van der Waals surface area contributed by atoms with Gasteiger partial charge in [0, 0.05) is 36.6 Å². The van der Waals surface area contributed by atoms with Gasteiger partial charge in [-0.25, -0.2) is 0 Å². The van der Waals surface area contributed by atoms with Crippen molar-refractivity contribution in [2.24, 2.45) is 10.9 Å². The summed E-state index contributed by atoms with van der Waals surface area (Å²) in [4.78, 5) is 5.71. The molecule has 0 fully saturated rings. The minimum Gasteiger partial charge on any atom is -0.496 e. The standard InChI is InChI=1S/C20H29N3O3S/c1-14(9-16-7-6-8-27-16)12-22-20(21-2)23-13-15-10-18(25-4)19(26-5)11-17(15)24-3/h6-8,10-11,14H,9,12-13H2,1-5H3,(H2,21,22,23). The van der Waals surface area contributed by atoms with Gasteiger partial charge in [0.2, 0.25) is 0 Å². The Morgan fingerprint density at radius 2 is 1.78 bits per heavy atom. The lowest BCUT2D eigenvalue weighted by atomic mass is 10.1. The molecule has 0 saturated carbocycles. The van der Waals surface area contributed by atoms with E-state index in [1.807, 2.05) is 12.1 Å². The molecule has 0 aliphatic heterocycles. The zero-order valence-electron chi connectivity index (χ0n) is 16.7. The molecule has 7 heteroatoms. The molecule has 0 bridgehead atoms. The summed E-state index contributed by atoms with van der Waals surface area (Å²) in [5.74, 6) is 3.31. The number of ether oxygens (including phenoxy) is 3. The van der Waals surface area contributed by atoms with E-state index in [1.54, 1.807) is 39.7 Å². The number of aliphatic imine (C=N–C) groups is 1. The number of hydrogen-bond donors (Lipinski definition) is 2. The SMILES string of the molecule is CN=C(NCc1cc(OC)c(OC)cc1OC)NCC(C)Cc1cccs1. The van der Waals surface area contributed by atoms with Crippen LogP contribution < -0.4 is 24.8 Å². The van der Waals surface area contributed by atoms with Gasteiger partial charge in [0.25, 0.3) is 0 Å². The van der Waals surface area contributed by atoms with Gasteiger partial charge in [-0.15, -0.1) is 11.3 Å². The van der Waals surface area contributed by atoms with E-state index in [1.165, 1.54) is 4.88 Å². The summed E-state index contributed by atoms with van der Waals surface area (Å²) in [5, 5.41) is 8.83. The summed E-state index contributed by atoms with van der Waals surface area (Å²) >= 11 is 1.80. The lowest BCUT2D eigenvalue weighted by Crippen LogP contribution is -2.39. The van der Waals surface area contributed by atoms with Crippen molar-refractivity contribution < 1.29 is 14.2 Å². The number of thiophene rings is 1. The van der Waals surface area contributed by atoms with E-state index in [-0.39, 0.29) is 0 Å². The first-order chi connectivity index (χ1) is 13.1. The molecule has 2 rings (SSSR count). The minimum absolute atomic E-state index is 0.512. The lowest BCUT2D eigenvalue weighted by Gasteiger charge is -2.18. The van der Waals surface area contributed by atoms with Crippen LogP contribution in [0.1, 0.15) is 17.4 Å². The van der Waals surface area contributed by atoms with E-state index in [2.05, 4.69) is 40.1 Å². The number of hydrogen-bond acceptors (Lipinski definition) is 5. The molecule has 0 aliphatic carbocycles. The second-order valence-electron chi connectivity index (χ2n) is 6.21. The molecular weight excluding hydrogens is 362 g/mol. The Morgan fingerprint density at radius 1 is 1.07 bits per heavy atom. The van der Waals surface area contributed by atoms with Crippen molar-refractivity contribution in [2.75, 3.05) is 34.9 Å². The number of benzene rings is 1. The van der Waals surface area contributed by atoms with Crippen LogP contribution in [0.2, 0.25) is 0 Å². The molecule has 1 aromatic carbocycles. The van der Waals surface area contributed by atoms with Crippen molar-refractivity contribution in [3.63, 3.8) is 0 Å². The van der Waals surface area contributed by atoms with Crippen LogP contribution in [0.25, 0.3) is 0 Å². The molecule has 0 aliphatic rings. The molecule has 0 amide bonds. The normalized spacial score (nSPS) is 12.4. The highest BCUT2D eigenvalue weighted by Gasteiger charge is 2.12. The molecule has 1 aromatic heterocycles. The zero-order valence-corrected chi connectivity index (χ0v) is 17.5. The summed E-state index contributed by atoms with van der Waals surface area (Å²) in [6.45, 7) is 3.64. The first-order valence-corrected chi connectivity index (χ1v) is 9.75. The molecule has 6 nitrogen and oxygen atoms in total. The monoisotopic (exact) mass is 391 g/mol. The Balaban J connectivity index is 1.93. The second kappa shape index (κ2) is 10.7. The van der Waals surface area contributed by atoms with E-state index in [9.17, 15) is 0 Å². The van der Waals surface area contributed by atoms with Crippen LogP contribution >= 0.6 is 11.3 Å². The molecule has 2 aromatic rings. The van der Waals surface area contributed by atoms with Crippen molar-refractivity contribution in [3.05, 3.63) is 40.1 Å². The van der Waals surface area contributed by atoms with Crippen molar-refractivity contribution in [2.45, 2.75) is 19.9 Å². The van der Waals surface area contributed by atoms with Crippen molar-refractivity contribution in [1.82, 2.24) is 10.6 Å². The highest BCUT2D eigenvalue weighted by Crippen LogP contribution is 2.34. The predicted octanol–water partition coefficient (Wildman–Crippen LogP) is 3.32. The lowest BCUT2D eigenvalue weighted by molar-refractivity contribution is 0.347. The van der Waals surface area contributed by atoms with Crippen LogP contribution in [0, 0.1) is 5.92 Å². The second-order valence-corrected chi connectivity index (χ2v) is 7.25. The summed E-state index contributed by atoms with van der Waals surface area (Å²) < 4.78 is 16.2. The van der Waals surface area contributed by atoms with Crippen LogP contribution in [0.3, 0.4) is 0 Å².